The minimum absolute atomic E-state index is 0.189. The molecule has 7 nitrogen and oxygen atoms in total. The van der Waals surface area contributed by atoms with Crippen molar-refractivity contribution in [3.63, 3.8) is 0 Å². The molecule has 0 radical (unpaired) electrons. The van der Waals surface area contributed by atoms with E-state index in [0.717, 1.165) is 31.0 Å². The van der Waals surface area contributed by atoms with Gasteiger partial charge in [0.1, 0.15) is 0 Å². The van der Waals surface area contributed by atoms with Gasteiger partial charge in [-0.1, -0.05) is 5.16 Å². The van der Waals surface area contributed by atoms with Gasteiger partial charge in [0.25, 0.3) is 5.89 Å². The average molecular weight is 273 g/mol. The molecule has 0 bridgehead atoms. The van der Waals surface area contributed by atoms with Crippen LogP contribution >= 0.6 is 0 Å². The van der Waals surface area contributed by atoms with Crippen LogP contribution in [0.1, 0.15) is 36.6 Å². The standard InChI is InChI=1S/C13H15N5O2/c1-2-11(16-14-5-1)18-6-7-19-10(8-18)13-15-12(17-20-13)9-3-4-9/h1-2,5,9-10H,3-4,6-8H2. The first-order valence-corrected chi connectivity index (χ1v) is 6.88. The van der Waals surface area contributed by atoms with Crippen molar-refractivity contribution in [2.75, 3.05) is 24.6 Å². The van der Waals surface area contributed by atoms with Gasteiger partial charge in [-0.3, -0.25) is 0 Å². The smallest absolute Gasteiger partial charge is 0.257 e. The predicted molar refractivity (Wildman–Crippen MR) is 69.2 cm³/mol. The van der Waals surface area contributed by atoms with Crippen LogP contribution in [-0.4, -0.2) is 40.0 Å². The summed E-state index contributed by atoms with van der Waals surface area (Å²) in [7, 11) is 0. The highest BCUT2D eigenvalue weighted by molar-refractivity contribution is 5.37. The number of aromatic nitrogens is 4. The fourth-order valence-corrected chi connectivity index (χ4v) is 2.35. The Morgan fingerprint density at radius 3 is 3.05 bits per heavy atom. The van der Waals surface area contributed by atoms with Gasteiger partial charge in [0.2, 0.25) is 0 Å². The Balaban J connectivity index is 1.50. The van der Waals surface area contributed by atoms with Crippen LogP contribution in [0.15, 0.2) is 22.9 Å². The van der Waals surface area contributed by atoms with Crippen LogP contribution in [0.2, 0.25) is 0 Å². The van der Waals surface area contributed by atoms with E-state index in [4.69, 9.17) is 9.26 Å². The van der Waals surface area contributed by atoms with E-state index in [2.05, 4.69) is 25.2 Å². The van der Waals surface area contributed by atoms with Crippen molar-refractivity contribution in [3.8, 4) is 0 Å². The number of morpholine rings is 1. The highest BCUT2D eigenvalue weighted by Gasteiger charge is 2.32. The third-order valence-corrected chi connectivity index (χ3v) is 3.62. The summed E-state index contributed by atoms with van der Waals surface area (Å²) >= 11 is 0. The normalized spacial score (nSPS) is 23.0. The molecule has 1 unspecified atom stereocenters. The summed E-state index contributed by atoms with van der Waals surface area (Å²) in [5.74, 6) is 2.73. The Morgan fingerprint density at radius 2 is 2.25 bits per heavy atom. The van der Waals surface area contributed by atoms with E-state index in [9.17, 15) is 0 Å². The summed E-state index contributed by atoms with van der Waals surface area (Å²) in [4.78, 5) is 6.59. The molecule has 1 aliphatic carbocycles. The molecule has 3 heterocycles. The quantitative estimate of drug-likeness (QED) is 0.834. The SMILES string of the molecule is c1cnnc(N2CCOC(c3nc(C4CC4)no3)C2)c1. The van der Waals surface area contributed by atoms with E-state index in [0.29, 0.717) is 25.0 Å². The van der Waals surface area contributed by atoms with Crippen LogP contribution in [0, 0.1) is 0 Å². The highest BCUT2D eigenvalue weighted by atomic mass is 16.5. The summed E-state index contributed by atoms with van der Waals surface area (Å²) in [5, 5.41) is 12.1. The molecule has 1 saturated carbocycles. The number of hydrogen-bond acceptors (Lipinski definition) is 7. The summed E-state index contributed by atoms with van der Waals surface area (Å²) in [6.45, 7) is 2.06. The lowest BCUT2D eigenvalue weighted by atomic mass is 10.2. The first-order valence-electron chi connectivity index (χ1n) is 6.88. The number of hydrogen-bond donors (Lipinski definition) is 0. The Labute approximate surface area is 115 Å². The van der Waals surface area contributed by atoms with Crippen LogP contribution in [0.3, 0.4) is 0 Å². The van der Waals surface area contributed by atoms with Crippen LogP contribution in [0.5, 0.6) is 0 Å². The molecule has 2 aromatic heterocycles. The second-order valence-corrected chi connectivity index (χ2v) is 5.15. The zero-order chi connectivity index (χ0) is 13.4. The van der Waals surface area contributed by atoms with Crippen molar-refractivity contribution in [2.24, 2.45) is 0 Å². The summed E-state index contributed by atoms with van der Waals surface area (Å²) in [6.07, 6.45) is 3.80. The molecule has 20 heavy (non-hydrogen) atoms. The van der Waals surface area contributed by atoms with Gasteiger partial charge in [-0.2, -0.15) is 10.1 Å². The van der Waals surface area contributed by atoms with E-state index in [-0.39, 0.29) is 6.10 Å². The molecule has 0 spiro atoms. The highest BCUT2D eigenvalue weighted by Crippen LogP contribution is 2.38. The molecule has 1 saturated heterocycles. The molecule has 0 N–H and O–H groups in total. The molecule has 104 valence electrons. The second-order valence-electron chi connectivity index (χ2n) is 5.15. The number of ether oxygens (including phenoxy) is 1. The molecular formula is C13H15N5O2. The number of nitrogens with zero attached hydrogens (tertiary/aromatic N) is 5. The number of rotatable bonds is 3. The lowest BCUT2D eigenvalue weighted by molar-refractivity contribution is 0.0183. The van der Waals surface area contributed by atoms with Crippen molar-refractivity contribution in [3.05, 3.63) is 30.0 Å². The zero-order valence-corrected chi connectivity index (χ0v) is 11.0. The monoisotopic (exact) mass is 273 g/mol. The average Bonchev–Trinajstić information content (AvgIpc) is 3.26. The Hall–Kier alpha value is -2.02. The molecule has 4 rings (SSSR count). The minimum Gasteiger partial charge on any atom is -0.365 e. The molecule has 1 aliphatic heterocycles. The van der Waals surface area contributed by atoms with Gasteiger partial charge in [-0.15, -0.1) is 5.10 Å². The Kier molecular flexibility index (Phi) is 2.84. The zero-order valence-electron chi connectivity index (χ0n) is 11.0. The fourth-order valence-electron chi connectivity index (χ4n) is 2.35. The molecule has 1 atom stereocenters. The third-order valence-electron chi connectivity index (χ3n) is 3.62. The van der Waals surface area contributed by atoms with Gasteiger partial charge in [0, 0.05) is 18.7 Å². The Morgan fingerprint density at radius 1 is 1.30 bits per heavy atom. The minimum atomic E-state index is -0.189. The van der Waals surface area contributed by atoms with Crippen molar-refractivity contribution < 1.29 is 9.26 Å². The topological polar surface area (TPSA) is 77.2 Å². The van der Waals surface area contributed by atoms with E-state index in [1.165, 1.54) is 0 Å². The van der Waals surface area contributed by atoms with Crippen LogP contribution in [0.25, 0.3) is 0 Å². The largest absolute Gasteiger partial charge is 0.365 e. The summed E-state index contributed by atoms with van der Waals surface area (Å²) < 4.78 is 11.1. The molecule has 0 aromatic carbocycles. The van der Waals surface area contributed by atoms with Crippen LogP contribution in [0.4, 0.5) is 5.82 Å². The lowest BCUT2D eigenvalue weighted by Gasteiger charge is -2.31. The van der Waals surface area contributed by atoms with Crippen molar-refractivity contribution >= 4 is 5.82 Å². The first-order chi connectivity index (χ1) is 9.90. The second kappa shape index (κ2) is 4.82. The molecule has 7 heteroatoms. The number of anilines is 1. The maximum atomic E-state index is 5.74. The van der Waals surface area contributed by atoms with Gasteiger partial charge in [0.05, 0.1) is 13.2 Å². The van der Waals surface area contributed by atoms with Crippen LogP contribution < -0.4 is 4.90 Å². The van der Waals surface area contributed by atoms with Gasteiger partial charge >= 0.3 is 0 Å². The molecule has 2 aromatic rings. The third kappa shape index (κ3) is 2.24. The van der Waals surface area contributed by atoms with Crippen molar-refractivity contribution in [2.45, 2.75) is 24.9 Å². The van der Waals surface area contributed by atoms with Crippen molar-refractivity contribution in [1.82, 2.24) is 20.3 Å². The molecular weight excluding hydrogens is 258 g/mol. The van der Waals surface area contributed by atoms with E-state index in [1.807, 2.05) is 12.1 Å². The maximum absolute atomic E-state index is 5.74. The van der Waals surface area contributed by atoms with Gasteiger partial charge < -0.3 is 14.2 Å². The Bertz CT molecular complexity index is 583. The van der Waals surface area contributed by atoms with Crippen molar-refractivity contribution in [1.29, 1.82) is 0 Å². The van der Waals surface area contributed by atoms with Gasteiger partial charge in [0.15, 0.2) is 17.7 Å². The fraction of sp³-hybridized carbons (Fsp3) is 0.538. The lowest BCUT2D eigenvalue weighted by Crippen LogP contribution is -2.39. The maximum Gasteiger partial charge on any atom is 0.257 e. The predicted octanol–water partition coefficient (Wildman–Crippen LogP) is 1.31. The first kappa shape index (κ1) is 11.8. The van der Waals surface area contributed by atoms with Gasteiger partial charge in [-0.05, 0) is 25.0 Å². The van der Waals surface area contributed by atoms with Gasteiger partial charge in [-0.25, -0.2) is 0 Å². The van der Waals surface area contributed by atoms with E-state index >= 15 is 0 Å². The summed E-state index contributed by atoms with van der Waals surface area (Å²) in [6, 6.07) is 3.82. The molecule has 2 fully saturated rings. The van der Waals surface area contributed by atoms with Crippen LogP contribution in [-0.2, 0) is 4.74 Å². The summed E-state index contributed by atoms with van der Waals surface area (Å²) in [5.41, 5.74) is 0. The molecule has 0 amide bonds. The van der Waals surface area contributed by atoms with E-state index < -0.39 is 0 Å². The van der Waals surface area contributed by atoms with E-state index in [1.54, 1.807) is 6.20 Å². The molecule has 2 aliphatic rings.